The summed E-state index contributed by atoms with van der Waals surface area (Å²) in [5.41, 5.74) is 0.0234. The van der Waals surface area contributed by atoms with Gasteiger partial charge in [0, 0.05) is 30.3 Å². The van der Waals surface area contributed by atoms with Gasteiger partial charge in [0.05, 0.1) is 23.3 Å². The quantitative estimate of drug-likeness (QED) is 0.292. The normalized spacial score (nSPS) is 28.5. The van der Waals surface area contributed by atoms with Crippen LogP contribution in [0.3, 0.4) is 0 Å². The lowest BCUT2D eigenvalue weighted by atomic mass is 9.90. The van der Waals surface area contributed by atoms with Gasteiger partial charge in [-0.05, 0) is 80.4 Å². The zero-order valence-corrected chi connectivity index (χ0v) is 28.7. The number of ether oxygens (including phenoxy) is 1. The number of nitrogens with zero attached hydrogens (tertiary/aromatic N) is 2. The van der Waals surface area contributed by atoms with Crippen LogP contribution in [-0.2, 0) is 30.8 Å². The van der Waals surface area contributed by atoms with Crippen LogP contribution in [0, 0.1) is 17.3 Å². The minimum Gasteiger partial charge on any atom is -0.472 e. The van der Waals surface area contributed by atoms with Crippen LogP contribution in [-0.4, -0.2) is 59.8 Å². The molecule has 2 aliphatic carbocycles. The van der Waals surface area contributed by atoms with Gasteiger partial charge in [-0.15, -0.1) is 0 Å². The van der Waals surface area contributed by atoms with Crippen LogP contribution < -0.4 is 9.46 Å². The summed E-state index contributed by atoms with van der Waals surface area (Å²) >= 11 is 0. The van der Waals surface area contributed by atoms with E-state index >= 15 is 0 Å². The van der Waals surface area contributed by atoms with Gasteiger partial charge in [-0.1, -0.05) is 73.5 Å². The molecule has 0 spiro atoms. The zero-order valence-electron chi connectivity index (χ0n) is 27.8. The Labute approximate surface area is 288 Å². The minimum atomic E-state index is -3.78. The molecule has 0 bridgehead atoms. The average molecular weight is 684 g/mol. The highest BCUT2D eigenvalue weighted by molar-refractivity contribution is 7.90. The Bertz CT molecular complexity index is 1840. The van der Waals surface area contributed by atoms with Gasteiger partial charge in [-0.3, -0.25) is 19.1 Å². The lowest BCUT2D eigenvalue weighted by Crippen LogP contribution is -2.46. The molecule has 4 aliphatic rings. The van der Waals surface area contributed by atoms with Gasteiger partial charge in [0.2, 0.25) is 27.7 Å². The maximum Gasteiger partial charge on any atom is 0.240 e. The van der Waals surface area contributed by atoms with Crippen LogP contribution in [0.2, 0.25) is 0 Å². The van der Waals surface area contributed by atoms with E-state index in [0.29, 0.717) is 31.6 Å². The van der Waals surface area contributed by atoms with Gasteiger partial charge in [-0.2, -0.15) is 0 Å². The summed E-state index contributed by atoms with van der Waals surface area (Å²) in [6, 6.07) is 19.1. The van der Waals surface area contributed by atoms with E-state index < -0.39 is 38.7 Å². The van der Waals surface area contributed by atoms with Gasteiger partial charge in [-0.25, -0.2) is 13.4 Å². The van der Waals surface area contributed by atoms with Crippen molar-refractivity contribution in [1.29, 1.82) is 0 Å². The molecule has 0 unspecified atom stereocenters. The Morgan fingerprint density at radius 2 is 1.78 bits per heavy atom. The summed E-state index contributed by atoms with van der Waals surface area (Å²) in [7, 11) is -3.78. The molecule has 0 radical (unpaired) electrons. The number of rotatable bonds is 8. The molecule has 2 saturated carbocycles. The van der Waals surface area contributed by atoms with E-state index in [1.807, 2.05) is 54.6 Å². The molecule has 3 fully saturated rings. The second-order valence-corrected chi connectivity index (χ2v) is 16.4. The van der Waals surface area contributed by atoms with Crippen LogP contribution in [0.4, 0.5) is 0 Å². The van der Waals surface area contributed by atoms with Crippen LogP contribution in [0.5, 0.6) is 5.88 Å². The fourth-order valence-corrected chi connectivity index (χ4v) is 9.11. The number of allylic oxidation sites excluding steroid dienone is 2. The number of ketones is 1. The maximum absolute atomic E-state index is 14.5. The summed E-state index contributed by atoms with van der Waals surface area (Å²) < 4.78 is 34.4. The molecule has 2 amide bonds. The van der Waals surface area contributed by atoms with Gasteiger partial charge in [0.1, 0.15) is 6.10 Å². The summed E-state index contributed by atoms with van der Waals surface area (Å²) in [5, 5.41) is 1.29. The number of pyridine rings is 1. The Kier molecular flexibility index (Phi) is 9.59. The minimum absolute atomic E-state index is 0.0542. The Morgan fingerprint density at radius 1 is 0.980 bits per heavy atom. The smallest absolute Gasteiger partial charge is 0.240 e. The number of fused-ring (bicyclic) bond motifs is 3. The standard InChI is InChI=1S/C39H45N3O6S/c43-35-25-39(38(45)41-49(46,47)32-19-20-32)24-30(39)15-8-3-1-2-7-14-29(18-17-27-11-5-4-6-12-27)37(44)42-26-31(23-34(35)42)48-36-33-16-10-9-13-28(33)21-22-40-36/h4-6,8-13,15-16,21-22,29-32,34H,1-3,7,14,17-20,23-26H2,(H,41,45)/b15-8-/t29-,30+,31-,34+,39-/m1/s1. The van der Waals surface area contributed by atoms with Crippen molar-refractivity contribution in [3.63, 3.8) is 0 Å². The predicted octanol–water partition coefficient (Wildman–Crippen LogP) is 5.93. The molecule has 1 saturated heterocycles. The van der Waals surface area contributed by atoms with Crippen LogP contribution in [0.1, 0.15) is 76.2 Å². The van der Waals surface area contributed by atoms with Crippen LogP contribution in [0.25, 0.3) is 10.8 Å². The van der Waals surface area contributed by atoms with E-state index in [2.05, 4.69) is 27.9 Å². The highest BCUT2D eigenvalue weighted by atomic mass is 32.2. The molecule has 49 heavy (non-hydrogen) atoms. The first-order valence-electron chi connectivity index (χ1n) is 17.8. The third kappa shape index (κ3) is 7.44. The van der Waals surface area contributed by atoms with E-state index in [1.54, 1.807) is 11.1 Å². The molecule has 2 aromatic carbocycles. The van der Waals surface area contributed by atoms with E-state index in [4.69, 9.17) is 4.74 Å². The number of amides is 2. The number of aromatic nitrogens is 1. The highest BCUT2D eigenvalue weighted by Gasteiger charge is 2.61. The molecular formula is C39H45N3O6S. The van der Waals surface area contributed by atoms with Crippen molar-refractivity contribution in [3.8, 4) is 5.88 Å². The van der Waals surface area contributed by atoms with Crippen LogP contribution >= 0.6 is 0 Å². The van der Waals surface area contributed by atoms with Crippen molar-refractivity contribution in [1.82, 2.24) is 14.6 Å². The number of carbonyl (C=O) groups is 3. The maximum atomic E-state index is 14.5. The molecule has 2 aliphatic heterocycles. The first-order chi connectivity index (χ1) is 23.7. The monoisotopic (exact) mass is 683 g/mol. The predicted molar refractivity (Wildman–Crippen MR) is 187 cm³/mol. The number of sulfonamides is 1. The molecule has 3 heterocycles. The average Bonchev–Trinajstić information content (AvgIpc) is 4.03. The lowest BCUT2D eigenvalue weighted by molar-refractivity contribution is -0.142. The summed E-state index contributed by atoms with van der Waals surface area (Å²) in [4.78, 5) is 48.9. The van der Waals surface area contributed by atoms with Gasteiger partial charge in [0.15, 0.2) is 5.78 Å². The van der Waals surface area contributed by atoms with Gasteiger partial charge < -0.3 is 9.64 Å². The number of carbonyl (C=O) groups excluding carboxylic acids is 3. The van der Waals surface area contributed by atoms with Crippen molar-refractivity contribution in [2.45, 2.75) is 94.4 Å². The topological polar surface area (TPSA) is 123 Å². The van der Waals surface area contributed by atoms with Gasteiger partial charge >= 0.3 is 0 Å². The first-order valence-corrected chi connectivity index (χ1v) is 19.4. The second-order valence-electron chi connectivity index (χ2n) is 14.4. The van der Waals surface area contributed by atoms with Crippen molar-refractivity contribution < 1.29 is 27.5 Å². The van der Waals surface area contributed by atoms with Crippen molar-refractivity contribution >= 4 is 38.4 Å². The molecule has 3 aromatic rings. The fourth-order valence-electron chi connectivity index (χ4n) is 7.73. The van der Waals surface area contributed by atoms with Crippen molar-refractivity contribution in [2.75, 3.05) is 6.54 Å². The third-order valence-corrected chi connectivity index (χ3v) is 12.7. The Hall–Kier alpha value is -4.05. The van der Waals surface area contributed by atoms with E-state index in [1.165, 1.54) is 5.56 Å². The molecular weight excluding hydrogens is 639 g/mol. The number of benzene rings is 2. The summed E-state index contributed by atoms with van der Waals surface area (Å²) in [5.74, 6) is -0.915. The van der Waals surface area contributed by atoms with E-state index in [-0.39, 0.29) is 42.9 Å². The number of hydrogen-bond acceptors (Lipinski definition) is 7. The fraction of sp³-hybridized carbons (Fsp3) is 0.487. The number of nitrogens with one attached hydrogen (secondary N) is 1. The summed E-state index contributed by atoms with van der Waals surface area (Å²) in [6.45, 7) is 0.237. The largest absolute Gasteiger partial charge is 0.472 e. The third-order valence-electron chi connectivity index (χ3n) is 10.9. The molecule has 5 atom stereocenters. The van der Waals surface area contributed by atoms with E-state index in [9.17, 15) is 22.8 Å². The summed E-state index contributed by atoms with van der Waals surface area (Å²) in [6.07, 6.45) is 12.7. The SMILES string of the molecule is O=C1C[C@]2(C(=O)NS(=O)(=O)C3CC3)C[C@@H]2/C=C\CCCCC[C@H](CCc2ccccc2)C(=O)N2C[C@H](Oc3nccc4ccccc34)C[C@@H]12. The second kappa shape index (κ2) is 14.1. The molecule has 258 valence electrons. The Morgan fingerprint density at radius 3 is 2.59 bits per heavy atom. The molecule has 9 nitrogen and oxygen atoms in total. The first kappa shape index (κ1) is 33.4. The molecule has 1 N–H and O–H groups in total. The van der Waals surface area contributed by atoms with Crippen molar-refractivity contribution in [2.24, 2.45) is 17.3 Å². The highest BCUT2D eigenvalue weighted by Crippen LogP contribution is 2.57. The number of Topliss-reactive ketones (excluding diaryl/α,β-unsaturated/α-hetero) is 1. The van der Waals surface area contributed by atoms with Gasteiger partial charge in [0.25, 0.3) is 0 Å². The lowest BCUT2D eigenvalue weighted by Gasteiger charge is -2.29. The molecule has 1 aromatic heterocycles. The zero-order chi connectivity index (χ0) is 34.0. The van der Waals surface area contributed by atoms with E-state index in [0.717, 1.165) is 49.3 Å². The molecule has 7 rings (SSSR count). The van der Waals surface area contributed by atoms with Crippen molar-refractivity contribution in [3.05, 3.63) is 84.6 Å². The number of hydrogen-bond donors (Lipinski definition) is 1. The Balaban J connectivity index is 1.18. The number of aryl methyl sites for hydroxylation is 1. The van der Waals surface area contributed by atoms with Crippen LogP contribution in [0.15, 0.2) is 79.0 Å². The molecule has 10 heteroatoms.